The summed E-state index contributed by atoms with van der Waals surface area (Å²) in [7, 11) is 0. The molecule has 0 unspecified atom stereocenters. The number of fused-ring (bicyclic) bond motifs is 1. The Kier molecular flexibility index (Phi) is 3.55. The molecule has 0 saturated carbocycles. The van der Waals surface area contributed by atoms with Crippen molar-refractivity contribution in [2.45, 2.75) is 13.5 Å². The van der Waals surface area contributed by atoms with Crippen LogP contribution in [0, 0.1) is 6.92 Å². The van der Waals surface area contributed by atoms with Crippen molar-refractivity contribution in [3.8, 4) is 11.5 Å². The summed E-state index contributed by atoms with van der Waals surface area (Å²) in [4.78, 5) is 9.97. The molecule has 0 bridgehead atoms. The van der Waals surface area contributed by atoms with Crippen LogP contribution in [-0.4, -0.2) is 9.97 Å². The van der Waals surface area contributed by atoms with Crippen molar-refractivity contribution in [2.75, 3.05) is 5.32 Å². The van der Waals surface area contributed by atoms with Gasteiger partial charge in [0, 0.05) is 28.9 Å². The summed E-state index contributed by atoms with van der Waals surface area (Å²) in [5, 5.41) is 5.56. The molecule has 0 saturated heterocycles. The van der Waals surface area contributed by atoms with Gasteiger partial charge in [-0.2, -0.15) is 4.98 Å². The first kappa shape index (κ1) is 14.0. The zero-order valence-electron chi connectivity index (χ0n) is 12.6. The van der Waals surface area contributed by atoms with Gasteiger partial charge in [-0.3, -0.25) is 0 Å². The largest absolute Gasteiger partial charge is 0.434 e. The Morgan fingerprint density at radius 3 is 2.74 bits per heavy atom. The Balaban J connectivity index is 1.52. The van der Waals surface area contributed by atoms with E-state index in [1.54, 1.807) is 17.5 Å². The molecule has 1 aromatic carbocycles. The molecule has 114 valence electrons. The van der Waals surface area contributed by atoms with E-state index in [-0.39, 0.29) is 0 Å². The van der Waals surface area contributed by atoms with Gasteiger partial charge in [-0.25, -0.2) is 4.98 Å². The monoisotopic (exact) mass is 321 g/mol. The van der Waals surface area contributed by atoms with Crippen LogP contribution in [0.1, 0.15) is 10.4 Å². The van der Waals surface area contributed by atoms with E-state index in [4.69, 9.17) is 4.42 Å². The number of thiophene rings is 1. The number of pyridine rings is 1. The number of benzene rings is 1. The predicted octanol–water partition coefficient (Wildman–Crippen LogP) is 4.87. The van der Waals surface area contributed by atoms with E-state index in [1.807, 2.05) is 36.4 Å². The highest BCUT2D eigenvalue weighted by Gasteiger charge is 2.08. The lowest BCUT2D eigenvalue weighted by Crippen LogP contribution is -1.98. The summed E-state index contributed by atoms with van der Waals surface area (Å²) in [6, 6.07) is 14.0. The topological polar surface area (TPSA) is 51.0 Å². The van der Waals surface area contributed by atoms with E-state index in [0.29, 0.717) is 17.1 Å². The van der Waals surface area contributed by atoms with Crippen LogP contribution in [0.15, 0.2) is 58.5 Å². The van der Waals surface area contributed by atoms with Gasteiger partial charge in [-0.1, -0.05) is 0 Å². The van der Waals surface area contributed by atoms with Crippen LogP contribution in [0.2, 0.25) is 0 Å². The lowest BCUT2D eigenvalue weighted by molar-refractivity contribution is 0.619. The van der Waals surface area contributed by atoms with Gasteiger partial charge >= 0.3 is 0 Å². The Hall–Kier alpha value is -2.66. The third-order valence-corrected chi connectivity index (χ3v) is 4.74. The quantitative estimate of drug-likeness (QED) is 0.582. The normalized spacial score (nSPS) is 11.0. The van der Waals surface area contributed by atoms with Crippen molar-refractivity contribution in [1.82, 2.24) is 9.97 Å². The van der Waals surface area contributed by atoms with Crippen LogP contribution in [0.25, 0.3) is 22.7 Å². The van der Waals surface area contributed by atoms with Crippen LogP contribution in [-0.2, 0) is 6.54 Å². The molecule has 0 spiro atoms. The number of nitrogens with one attached hydrogen (secondary N) is 1. The summed E-state index contributed by atoms with van der Waals surface area (Å²) < 4.78 is 5.74. The summed E-state index contributed by atoms with van der Waals surface area (Å²) in [6.45, 7) is 2.98. The lowest BCUT2D eigenvalue weighted by atomic mass is 10.2. The van der Waals surface area contributed by atoms with Gasteiger partial charge in [0.15, 0.2) is 11.2 Å². The average Bonchev–Trinajstić information content (AvgIpc) is 3.19. The highest BCUT2D eigenvalue weighted by molar-refractivity contribution is 7.10. The molecule has 3 heterocycles. The van der Waals surface area contributed by atoms with Gasteiger partial charge in [0.1, 0.15) is 0 Å². The molecule has 0 aliphatic heterocycles. The summed E-state index contributed by atoms with van der Waals surface area (Å²) in [5.41, 5.74) is 4.70. The van der Waals surface area contributed by atoms with Gasteiger partial charge in [-0.05, 0) is 60.3 Å². The van der Waals surface area contributed by atoms with Gasteiger partial charge in [-0.15, -0.1) is 11.3 Å². The fourth-order valence-electron chi connectivity index (χ4n) is 2.39. The average molecular weight is 321 g/mol. The molecule has 4 nitrogen and oxygen atoms in total. The summed E-state index contributed by atoms with van der Waals surface area (Å²) in [5.74, 6) is 0.597. The van der Waals surface area contributed by atoms with Crippen LogP contribution in [0.3, 0.4) is 0 Å². The molecule has 0 radical (unpaired) electrons. The molecule has 0 aliphatic rings. The minimum atomic E-state index is 0.597. The standard InChI is InChI=1S/C18H15N3OS/c1-12-8-10-23-16(12)11-20-14-6-4-13(5-7-14)18-21-17-15(22-18)3-2-9-19-17/h2-10,20H,11H2,1H3. The van der Waals surface area contributed by atoms with E-state index in [2.05, 4.69) is 33.7 Å². The molecule has 4 rings (SSSR count). The Morgan fingerprint density at radius 2 is 2.00 bits per heavy atom. The smallest absolute Gasteiger partial charge is 0.228 e. The number of hydrogen-bond acceptors (Lipinski definition) is 5. The molecule has 0 amide bonds. The molecular formula is C18H15N3OS. The van der Waals surface area contributed by atoms with Crippen molar-refractivity contribution in [3.63, 3.8) is 0 Å². The Labute approximate surface area is 137 Å². The first-order chi connectivity index (χ1) is 11.3. The molecule has 5 heteroatoms. The molecule has 0 atom stereocenters. The Bertz CT molecular complexity index is 907. The first-order valence-electron chi connectivity index (χ1n) is 7.38. The predicted molar refractivity (Wildman–Crippen MR) is 93.6 cm³/mol. The number of oxazole rings is 1. The molecule has 0 aliphatic carbocycles. The SMILES string of the molecule is Cc1ccsc1CNc1ccc(-c2nc3ncccc3o2)cc1. The maximum Gasteiger partial charge on any atom is 0.228 e. The van der Waals surface area contributed by atoms with Gasteiger partial charge in [0.05, 0.1) is 0 Å². The van der Waals surface area contributed by atoms with Crippen molar-refractivity contribution in [3.05, 3.63) is 64.5 Å². The third kappa shape index (κ3) is 2.83. The molecule has 3 aromatic heterocycles. The third-order valence-electron chi connectivity index (χ3n) is 3.72. The maximum atomic E-state index is 5.74. The summed E-state index contributed by atoms with van der Waals surface area (Å²) in [6.07, 6.45) is 1.72. The van der Waals surface area contributed by atoms with E-state index >= 15 is 0 Å². The number of hydrogen-bond donors (Lipinski definition) is 1. The second-order valence-electron chi connectivity index (χ2n) is 5.30. The van der Waals surface area contributed by atoms with Crippen molar-refractivity contribution in [2.24, 2.45) is 0 Å². The summed E-state index contributed by atoms with van der Waals surface area (Å²) >= 11 is 1.78. The van der Waals surface area contributed by atoms with Crippen molar-refractivity contribution >= 4 is 28.3 Å². The first-order valence-corrected chi connectivity index (χ1v) is 8.26. The number of anilines is 1. The zero-order valence-corrected chi connectivity index (χ0v) is 13.4. The molecule has 4 aromatic rings. The number of aryl methyl sites for hydroxylation is 1. The van der Waals surface area contributed by atoms with E-state index < -0.39 is 0 Å². The van der Waals surface area contributed by atoms with E-state index in [1.165, 1.54) is 10.4 Å². The lowest BCUT2D eigenvalue weighted by Gasteiger charge is -2.06. The minimum absolute atomic E-state index is 0.597. The fourth-order valence-corrected chi connectivity index (χ4v) is 3.24. The molecule has 0 fully saturated rings. The highest BCUT2D eigenvalue weighted by atomic mass is 32.1. The van der Waals surface area contributed by atoms with Crippen LogP contribution >= 0.6 is 11.3 Å². The molecular weight excluding hydrogens is 306 g/mol. The van der Waals surface area contributed by atoms with Gasteiger partial charge < -0.3 is 9.73 Å². The van der Waals surface area contributed by atoms with E-state index in [0.717, 1.165) is 17.8 Å². The van der Waals surface area contributed by atoms with Crippen LogP contribution in [0.5, 0.6) is 0 Å². The molecule has 1 N–H and O–H groups in total. The van der Waals surface area contributed by atoms with Gasteiger partial charge in [0.2, 0.25) is 5.89 Å². The second-order valence-corrected chi connectivity index (χ2v) is 6.30. The number of aromatic nitrogens is 2. The zero-order chi connectivity index (χ0) is 15.6. The number of nitrogens with zero attached hydrogens (tertiary/aromatic N) is 2. The maximum absolute atomic E-state index is 5.74. The van der Waals surface area contributed by atoms with Gasteiger partial charge in [0.25, 0.3) is 0 Å². The fraction of sp³-hybridized carbons (Fsp3) is 0.111. The minimum Gasteiger partial charge on any atom is -0.434 e. The van der Waals surface area contributed by atoms with Crippen LogP contribution in [0.4, 0.5) is 5.69 Å². The molecule has 23 heavy (non-hydrogen) atoms. The Morgan fingerprint density at radius 1 is 1.13 bits per heavy atom. The second kappa shape index (κ2) is 5.85. The highest BCUT2D eigenvalue weighted by Crippen LogP contribution is 2.25. The van der Waals surface area contributed by atoms with Crippen molar-refractivity contribution in [1.29, 1.82) is 0 Å². The van der Waals surface area contributed by atoms with Crippen molar-refractivity contribution < 1.29 is 4.42 Å². The number of rotatable bonds is 4. The van der Waals surface area contributed by atoms with E-state index in [9.17, 15) is 0 Å². The van der Waals surface area contributed by atoms with Crippen LogP contribution < -0.4 is 5.32 Å².